The molecule has 4 nitrogen and oxygen atoms in total. The summed E-state index contributed by atoms with van der Waals surface area (Å²) in [6, 6.07) is 0. The Labute approximate surface area is 52.2 Å². The fourth-order valence-electron chi connectivity index (χ4n) is 0. The summed E-state index contributed by atoms with van der Waals surface area (Å²) in [6.07, 6.45) is 0. The second kappa shape index (κ2) is 8.92. The Kier molecular flexibility index (Phi) is 24.6. The zero-order valence-electron chi connectivity index (χ0n) is 3.09. The fraction of sp³-hybridized carbons (Fsp3) is 0. The molecule has 0 fully saturated rings. The van der Waals surface area contributed by atoms with E-state index in [9.17, 15) is 0 Å². The maximum absolute atomic E-state index is 8.36. The Morgan fingerprint density at radius 3 is 1.67 bits per heavy atom. The van der Waals surface area contributed by atoms with Crippen LogP contribution in [0.15, 0.2) is 0 Å². The molecule has 0 aromatic heterocycles. The van der Waals surface area contributed by atoms with E-state index in [0.717, 1.165) is 0 Å². The monoisotopic (exact) mass is 105 g/mol. The Morgan fingerprint density at radius 2 is 1.67 bits per heavy atom. The zero-order valence-corrected chi connectivity index (χ0v) is 3.84. The molecule has 0 aliphatic rings. The molecule has 6 heavy (non-hydrogen) atoms. The quantitative estimate of drug-likeness (QED) is 0.189. The van der Waals surface area contributed by atoms with E-state index in [1.54, 1.807) is 0 Å². The van der Waals surface area contributed by atoms with Gasteiger partial charge in [-0.25, -0.2) is 0 Å². The molecule has 0 atom stereocenters. The smallest absolute Gasteiger partial charge is 1.00 e. The molecule has 1 N–H and O–H groups in total. The van der Waals surface area contributed by atoms with Crippen molar-refractivity contribution in [3.05, 3.63) is 10.1 Å². The van der Waals surface area contributed by atoms with Crippen molar-refractivity contribution in [3.8, 4) is 0 Å². The number of hydrogen-bond donors (Lipinski definition) is 1. The van der Waals surface area contributed by atoms with Gasteiger partial charge >= 0.3 is 18.9 Å². The van der Waals surface area contributed by atoms with Crippen molar-refractivity contribution in [3.63, 3.8) is 0 Å². The van der Waals surface area contributed by atoms with Gasteiger partial charge in [-0.1, -0.05) is 0 Å². The Balaban J connectivity index is -0.0000000450. The molecule has 0 rings (SSSR count). The summed E-state index contributed by atoms with van der Waals surface area (Å²) in [5.41, 5.74) is 0. The van der Waals surface area contributed by atoms with Crippen LogP contribution in [0.2, 0.25) is 0 Å². The molecular weight excluding hydrogens is 104 g/mol. The van der Waals surface area contributed by atoms with Crippen LogP contribution in [0.4, 0.5) is 0 Å². The van der Waals surface area contributed by atoms with E-state index in [1.165, 1.54) is 0 Å². The molecular formula is HClLiNO3. The minimum Gasteiger partial charge on any atom is -1.00 e. The van der Waals surface area contributed by atoms with E-state index in [4.69, 9.17) is 15.3 Å². The van der Waals surface area contributed by atoms with Gasteiger partial charge in [-0.05, 0) is 0 Å². The molecule has 0 bridgehead atoms. The summed E-state index contributed by atoms with van der Waals surface area (Å²) in [5, 5.41) is 13.6. The van der Waals surface area contributed by atoms with Crippen molar-refractivity contribution in [2.45, 2.75) is 0 Å². The van der Waals surface area contributed by atoms with Crippen LogP contribution in [0.25, 0.3) is 0 Å². The van der Waals surface area contributed by atoms with Crippen molar-refractivity contribution in [2.24, 2.45) is 0 Å². The summed E-state index contributed by atoms with van der Waals surface area (Å²) < 4.78 is 0. The van der Waals surface area contributed by atoms with E-state index in [2.05, 4.69) is 0 Å². The SMILES string of the molecule is O=[N+]([O-])O.[Cl-].[Li+]. The van der Waals surface area contributed by atoms with Crippen molar-refractivity contribution in [2.75, 3.05) is 0 Å². The largest absolute Gasteiger partial charge is 1.00 e. The van der Waals surface area contributed by atoms with Crippen LogP contribution in [0, 0.1) is 10.1 Å². The first-order chi connectivity index (χ1) is 1.73. The molecule has 0 aromatic carbocycles. The van der Waals surface area contributed by atoms with Crippen LogP contribution in [0.1, 0.15) is 0 Å². The molecule has 0 aliphatic heterocycles. The zero-order chi connectivity index (χ0) is 3.58. The van der Waals surface area contributed by atoms with Gasteiger partial charge in [-0.3, -0.25) is 0 Å². The fourth-order valence-corrected chi connectivity index (χ4v) is 0. The summed E-state index contributed by atoms with van der Waals surface area (Å²) in [4.78, 5) is 8.36. The van der Waals surface area contributed by atoms with Crippen LogP contribution in [0.3, 0.4) is 0 Å². The third-order valence-corrected chi connectivity index (χ3v) is 0. The maximum atomic E-state index is 8.36. The third-order valence-electron chi connectivity index (χ3n) is 0. The average molecular weight is 105 g/mol. The van der Waals surface area contributed by atoms with E-state index in [1.807, 2.05) is 0 Å². The average Bonchev–Trinajstić information content (AvgIpc) is 0.811. The predicted octanol–water partition coefficient (Wildman–Crippen LogP) is -6.34. The molecule has 6 heteroatoms. The summed E-state index contributed by atoms with van der Waals surface area (Å²) in [5.74, 6) is 0. The van der Waals surface area contributed by atoms with Gasteiger partial charge in [-0.2, -0.15) is 0 Å². The van der Waals surface area contributed by atoms with Gasteiger partial charge in [0.1, 0.15) is 0 Å². The molecule has 0 radical (unpaired) electrons. The molecule has 0 spiro atoms. The molecule has 0 aliphatic carbocycles. The minimum atomic E-state index is -1.50. The summed E-state index contributed by atoms with van der Waals surface area (Å²) >= 11 is 0. The Morgan fingerprint density at radius 1 is 1.67 bits per heavy atom. The van der Waals surface area contributed by atoms with Gasteiger partial charge in [0.15, 0.2) is 0 Å². The van der Waals surface area contributed by atoms with Crippen LogP contribution < -0.4 is 31.3 Å². The van der Waals surface area contributed by atoms with Crippen LogP contribution in [0.5, 0.6) is 0 Å². The van der Waals surface area contributed by atoms with Gasteiger partial charge in [0.05, 0.1) is 0 Å². The Hall–Kier alpha value is 0.0874. The number of hydrogen-bond acceptors (Lipinski definition) is 2. The minimum absolute atomic E-state index is 0. The van der Waals surface area contributed by atoms with E-state index in [0.29, 0.717) is 0 Å². The third kappa shape index (κ3) is 5100. The van der Waals surface area contributed by atoms with Gasteiger partial charge in [-0.15, -0.1) is 10.1 Å². The van der Waals surface area contributed by atoms with Crippen molar-refractivity contribution in [1.82, 2.24) is 0 Å². The number of halogens is 1. The first-order valence-electron chi connectivity index (χ1n) is 0.565. The van der Waals surface area contributed by atoms with Gasteiger partial charge < -0.3 is 17.6 Å². The molecule has 0 unspecified atom stereocenters. The van der Waals surface area contributed by atoms with E-state index >= 15 is 0 Å². The molecule has 0 saturated carbocycles. The van der Waals surface area contributed by atoms with E-state index < -0.39 is 5.09 Å². The second-order valence-corrected chi connectivity index (χ2v) is 0.238. The molecule has 0 saturated heterocycles. The Bertz CT molecular complexity index is 33.8. The normalized spacial score (nSPS) is 4.00. The molecule has 0 amide bonds. The number of rotatable bonds is 0. The van der Waals surface area contributed by atoms with Crippen molar-refractivity contribution >= 4 is 0 Å². The van der Waals surface area contributed by atoms with Crippen molar-refractivity contribution in [1.29, 1.82) is 0 Å². The van der Waals surface area contributed by atoms with Gasteiger partial charge in [0, 0.05) is 0 Å². The van der Waals surface area contributed by atoms with Gasteiger partial charge in [0.25, 0.3) is 5.09 Å². The van der Waals surface area contributed by atoms with Crippen molar-refractivity contribution < 1.29 is 41.6 Å². The second-order valence-electron chi connectivity index (χ2n) is 0.238. The maximum Gasteiger partial charge on any atom is 1.00 e. The van der Waals surface area contributed by atoms with Crippen LogP contribution in [-0.2, 0) is 0 Å². The number of nitrogens with zero attached hydrogens (tertiary/aromatic N) is 1. The molecule has 32 valence electrons. The van der Waals surface area contributed by atoms with Gasteiger partial charge in [0.2, 0.25) is 0 Å². The molecule has 0 heterocycles. The van der Waals surface area contributed by atoms with Crippen LogP contribution in [-0.4, -0.2) is 10.3 Å². The predicted molar refractivity (Wildman–Crippen MR) is 8.78 cm³/mol. The summed E-state index contributed by atoms with van der Waals surface area (Å²) in [6.45, 7) is 0. The standard InChI is InChI=1S/ClH.Li.HNO3/c;;2-1(3)4/h1H;;(H,2,3,4)/q;+1;/p-1. The first-order valence-corrected chi connectivity index (χ1v) is 0.565. The van der Waals surface area contributed by atoms with E-state index in [-0.39, 0.29) is 31.3 Å². The topological polar surface area (TPSA) is 63.4 Å². The molecule has 0 aromatic rings. The first kappa shape index (κ1) is 16.5. The summed E-state index contributed by atoms with van der Waals surface area (Å²) in [7, 11) is 0. The van der Waals surface area contributed by atoms with Crippen LogP contribution >= 0.6 is 0 Å².